The van der Waals surface area contributed by atoms with E-state index in [2.05, 4.69) is 0 Å². The molecule has 1 amide bonds. The Bertz CT molecular complexity index is 472. The van der Waals surface area contributed by atoms with E-state index in [1.54, 1.807) is 25.3 Å². The lowest BCUT2D eigenvalue weighted by Crippen LogP contribution is -2.33. The molecule has 0 atom stereocenters. The van der Waals surface area contributed by atoms with Crippen molar-refractivity contribution in [3.8, 4) is 11.5 Å². The van der Waals surface area contributed by atoms with Crippen LogP contribution >= 0.6 is 0 Å². The lowest BCUT2D eigenvalue weighted by Gasteiger charge is -2.16. The van der Waals surface area contributed by atoms with Crippen LogP contribution in [-0.4, -0.2) is 49.7 Å². The zero-order chi connectivity index (χ0) is 14.4. The summed E-state index contributed by atoms with van der Waals surface area (Å²) in [7, 11) is 4.50. The highest BCUT2D eigenvalue weighted by Crippen LogP contribution is 2.25. The minimum absolute atomic E-state index is 0.0803. The Kier molecular flexibility index (Phi) is 5.17. The number of carboxylic acids is 1. The summed E-state index contributed by atoms with van der Waals surface area (Å²) in [4.78, 5) is 23.5. The number of carbonyl (C=O) groups is 2. The summed E-state index contributed by atoms with van der Waals surface area (Å²) in [5.74, 6) is -0.160. The highest BCUT2D eigenvalue weighted by molar-refractivity contribution is 5.83. The molecule has 0 saturated carbocycles. The topological polar surface area (TPSA) is 76.1 Å². The fourth-order valence-corrected chi connectivity index (χ4v) is 1.59. The van der Waals surface area contributed by atoms with Crippen molar-refractivity contribution in [1.29, 1.82) is 0 Å². The fraction of sp³-hybridized carbons (Fsp3) is 0.385. The van der Waals surface area contributed by atoms with E-state index in [1.165, 1.54) is 14.2 Å². The van der Waals surface area contributed by atoms with E-state index in [9.17, 15) is 9.59 Å². The standard InChI is InChI=1S/C13H17NO5/c1-14(8-13(16)17)12(15)6-9-4-5-10(18-2)7-11(9)19-3/h4-5,7H,6,8H2,1-3H3,(H,16,17). The molecule has 0 heterocycles. The molecule has 6 nitrogen and oxygen atoms in total. The summed E-state index contributed by atoms with van der Waals surface area (Å²) in [6.45, 7) is -0.322. The van der Waals surface area contributed by atoms with Crippen molar-refractivity contribution < 1.29 is 24.2 Å². The summed E-state index contributed by atoms with van der Waals surface area (Å²) in [6, 6.07) is 5.13. The van der Waals surface area contributed by atoms with Crippen molar-refractivity contribution in [2.75, 3.05) is 27.8 Å². The molecule has 0 spiro atoms. The van der Waals surface area contributed by atoms with Crippen molar-refractivity contribution in [1.82, 2.24) is 4.90 Å². The second-order valence-corrected chi connectivity index (χ2v) is 4.00. The molecule has 1 aromatic rings. The molecule has 0 radical (unpaired) electrons. The molecule has 1 aromatic carbocycles. The van der Waals surface area contributed by atoms with Gasteiger partial charge in [0, 0.05) is 18.7 Å². The number of hydrogen-bond donors (Lipinski definition) is 1. The number of rotatable bonds is 6. The van der Waals surface area contributed by atoms with Gasteiger partial charge in [-0.3, -0.25) is 9.59 Å². The molecule has 0 fully saturated rings. The summed E-state index contributed by atoms with van der Waals surface area (Å²) >= 11 is 0. The third kappa shape index (κ3) is 4.17. The van der Waals surface area contributed by atoms with E-state index < -0.39 is 5.97 Å². The maximum Gasteiger partial charge on any atom is 0.323 e. The van der Waals surface area contributed by atoms with Crippen LogP contribution in [0.5, 0.6) is 11.5 Å². The van der Waals surface area contributed by atoms with Crippen LogP contribution in [0.1, 0.15) is 5.56 Å². The lowest BCUT2D eigenvalue weighted by molar-refractivity contribution is -0.143. The number of likely N-dealkylation sites (N-methyl/N-ethyl adjacent to an activating group) is 1. The first-order valence-electron chi connectivity index (χ1n) is 5.64. The Morgan fingerprint density at radius 3 is 2.47 bits per heavy atom. The number of aliphatic carboxylic acids is 1. The van der Waals surface area contributed by atoms with Gasteiger partial charge in [-0.05, 0) is 6.07 Å². The smallest absolute Gasteiger partial charge is 0.323 e. The maximum atomic E-state index is 11.8. The molecule has 0 unspecified atom stereocenters. The first kappa shape index (κ1) is 14.8. The minimum atomic E-state index is -1.04. The molecule has 1 rings (SSSR count). The van der Waals surface area contributed by atoms with Gasteiger partial charge >= 0.3 is 5.97 Å². The van der Waals surface area contributed by atoms with Crippen LogP contribution in [0.15, 0.2) is 18.2 Å². The van der Waals surface area contributed by atoms with E-state index >= 15 is 0 Å². The predicted octanol–water partition coefficient (Wildman–Crippen LogP) is 0.789. The lowest BCUT2D eigenvalue weighted by atomic mass is 10.1. The summed E-state index contributed by atoms with van der Waals surface area (Å²) in [5, 5.41) is 8.63. The van der Waals surface area contributed by atoms with Crippen LogP contribution in [0.4, 0.5) is 0 Å². The third-order valence-corrected chi connectivity index (χ3v) is 2.63. The zero-order valence-electron chi connectivity index (χ0n) is 11.2. The Morgan fingerprint density at radius 2 is 1.95 bits per heavy atom. The van der Waals surface area contributed by atoms with Crippen molar-refractivity contribution in [2.24, 2.45) is 0 Å². The third-order valence-electron chi connectivity index (χ3n) is 2.63. The Morgan fingerprint density at radius 1 is 1.26 bits per heavy atom. The Balaban J connectivity index is 2.81. The average Bonchev–Trinajstić information content (AvgIpc) is 2.38. The molecule has 1 N–H and O–H groups in total. The molecule has 0 saturated heterocycles. The first-order valence-corrected chi connectivity index (χ1v) is 5.64. The number of benzene rings is 1. The van der Waals surface area contributed by atoms with Gasteiger partial charge < -0.3 is 19.5 Å². The van der Waals surface area contributed by atoms with Gasteiger partial charge in [-0.15, -0.1) is 0 Å². The molecule has 0 aliphatic rings. The molecule has 0 aliphatic carbocycles. The number of carbonyl (C=O) groups excluding carboxylic acids is 1. The maximum absolute atomic E-state index is 11.8. The number of hydrogen-bond acceptors (Lipinski definition) is 4. The van der Waals surface area contributed by atoms with Crippen LogP contribution in [-0.2, 0) is 16.0 Å². The van der Waals surface area contributed by atoms with Crippen LogP contribution in [0, 0.1) is 0 Å². The van der Waals surface area contributed by atoms with Crippen molar-refractivity contribution in [3.05, 3.63) is 23.8 Å². The van der Waals surface area contributed by atoms with E-state index in [0.717, 1.165) is 4.90 Å². The molecule has 19 heavy (non-hydrogen) atoms. The van der Waals surface area contributed by atoms with Gasteiger partial charge in [-0.1, -0.05) is 6.07 Å². The number of amides is 1. The van der Waals surface area contributed by atoms with Gasteiger partial charge in [0.15, 0.2) is 0 Å². The highest BCUT2D eigenvalue weighted by atomic mass is 16.5. The zero-order valence-corrected chi connectivity index (χ0v) is 11.2. The number of carboxylic acid groups (broad SMARTS) is 1. The van der Waals surface area contributed by atoms with Crippen molar-refractivity contribution >= 4 is 11.9 Å². The van der Waals surface area contributed by atoms with E-state index in [0.29, 0.717) is 17.1 Å². The second-order valence-electron chi connectivity index (χ2n) is 4.00. The van der Waals surface area contributed by atoms with Crippen LogP contribution < -0.4 is 9.47 Å². The van der Waals surface area contributed by atoms with E-state index in [1.807, 2.05) is 0 Å². The highest BCUT2D eigenvalue weighted by Gasteiger charge is 2.15. The average molecular weight is 267 g/mol. The summed E-state index contributed by atoms with van der Waals surface area (Å²) < 4.78 is 10.2. The normalized spacial score (nSPS) is 9.84. The van der Waals surface area contributed by atoms with Gasteiger partial charge in [-0.2, -0.15) is 0 Å². The monoisotopic (exact) mass is 267 g/mol. The van der Waals surface area contributed by atoms with Crippen LogP contribution in [0.25, 0.3) is 0 Å². The Hall–Kier alpha value is -2.24. The summed E-state index contributed by atoms with van der Waals surface area (Å²) in [6.07, 6.45) is 0.0803. The van der Waals surface area contributed by atoms with Gasteiger partial charge in [0.25, 0.3) is 0 Å². The SMILES string of the molecule is COc1ccc(CC(=O)N(C)CC(=O)O)c(OC)c1. The van der Waals surface area contributed by atoms with Gasteiger partial charge in [-0.25, -0.2) is 0 Å². The molecule has 0 aromatic heterocycles. The number of nitrogens with zero attached hydrogens (tertiary/aromatic N) is 1. The predicted molar refractivity (Wildman–Crippen MR) is 68.5 cm³/mol. The molecule has 6 heteroatoms. The quantitative estimate of drug-likeness (QED) is 0.824. The van der Waals surface area contributed by atoms with Gasteiger partial charge in [0.1, 0.15) is 18.0 Å². The minimum Gasteiger partial charge on any atom is -0.497 e. The molecular weight excluding hydrogens is 250 g/mol. The molecule has 0 bridgehead atoms. The molecular formula is C13H17NO5. The van der Waals surface area contributed by atoms with Gasteiger partial charge in [0.05, 0.1) is 20.6 Å². The van der Waals surface area contributed by atoms with Crippen molar-refractivity contribution in [2.45, 2.75) is 6.42 Å². The number of methoxy groups -OCH3 is 2. The fourth-order valence-electron chi connectivity index (χ4n) is 1.59. The second kappa shape index (κ2) is 6.63. The van der Waals surface area contributed by atoms with E-state index in [-0.39, 0.29) is 18.9 Å². The van der Waals surface area contributed by atoms with Crippen molar-refractivity contribution in [3.63, 3.8) is 0 Å². The molecule has 0 aliphatic heterocycles. The van der Waals surface area contributed by atoms with Crippen LogP contribution in [0.2, 0.25) is 0 Å². The summed E-state index contributed by atoms with van der Waals surface area (Å²) in [5.41, 5.74) is 0.686. The largest absolute Gasteiger partial charge is 0.497 e. The molecule has 104 valence electrons. The van der Waals surface area contributed by atoms with Gasteiger partial charge in [0.2, 0.25) is 5.91 Å². The number of ether oxygens (including phenoxy) is 2. The van der Waals surface area contributed by atoms with E-state index in [4.69, 9.17) is 14.6 Å². The first-order chi connectivity index (χ1) is 8.97. The Labute approximate surface area is 111 Å². The van der Waals surface area contributed by atoms with Crippen LogP contribution in [0.3, 0.4) is 0 Å².